The summed E-state index contributed by atoms with van der Waals surface area (Å²) in [5.74, 6) is 1.81. The van der Waals surface area contributed by atoms with Gasteiger partial charge in [0.2, 0.25) is 5.75 Å². The average molecular weight is 451 g/mol. The number of nitrogens with zero attached hydrogens (tertiary/aromatic N) is 1. The third kappa shape index (κ3) is 5.47. The first-order valence-electron chi connectivity index (χ1n) is 9.76. The maximum absolute atomic E-state index is 5.99. The first kappa shape index (κ1) is 22.5. The van der Waals surface area contributed by atoms with E-state index in [-0.39, 0.29) is 6.10 Å². The molecule has 0 amide bonds. The van der Waals surface area contributed by atoms with Crippen LogP contribution in [0.5, 0.6) is 17.2 Å². The van der Waals surface area contributed by atoms with E-state index in [1.54, 1.807) is 21.3 Å². The van der Waals surface area contributed by atoms with E-state index >= 15 is 0 Å². The first-order chi connectivity index (χ1) is 14.5. The number of rotatable bonds is 8. The van der Waals surface area contributed by atoms with E-state index in [9.17, 15) is 0 Å². The average Bonchev–Trinajstić information content (AvgIpc) is 3.27. The van der Waals surface area contributed by atoms with Gasteiger partial charge in [0.05, 0.1) is 27.4 Å². The van der Waals surface area contributed by atoms with Gasteiger partial charge in [-0.3, -0.25) is 0 Å². The summed E-state index contributed by atoms with van der Waals surface area (Å²) in [6, 6.07) is 11.3. The van der Waals surface area contributed by atoms with Gasteiger partial charge in [-0.2, -0.15) is 0 Å². The van der Waals surface area contributed by atoms with Gasteiger partial charge in [-0.05, 0) is 61.5 Å². The predicted octanol–water partition coefficient (Wildman–Crippen LogP) is 4.74. The summed E-state index contributed by atoms with van der Waals surface area (Å²) in [7, 11) is 4.82. The van der Waals surface area contributed by atoms with Gasteiger partial charge in [0.1, 0.15) is 0 Å². The van der Waals surface area contributed by atoms with Crippen molar-refractivity contribution in [3.63, 3.8) is 0 Å². The summed E-state index contributed by atoms with van der Waals surface area (Å²) < 4.78 is 22.4. The number of anilines is 1. The zero-order valence-electron chi connectivity index (χ0n) is 17.4. The Morgan fingerprint density at radius 2 is 1.83 bits per heavy atom. The van der Waals surface area contributed by atoms with Gasteiger partial charge in [0, 0.05) is 36.0 Å². The van der Waals surface area contributed by atoms with Crippen LogP contribution in [0.25, 0.3) is 0 Å². The Hall–Kier alpha value is -2.22. The molecular weight excluding hydrogens is 424 g/mol. The molecule has 0 bridgehead atoms. The highest BCUT2D eigenvalue weighted by Gasteiger charge is 2.24. The number of methoxy groups -OCH3 is 3. The minimum atomic E-state index is 0.140. The van der Waals surface area contributed by atoms with E-state index in [0.29, 0.717) is 40.5 Å². The van der Waals surface area contributed by atoms with Crippen molar-refractivity contribution >= 4 is 34.6 Å². The smallest absolute Gasteiger partial charge is 0.203 e. The first-order valence-corrected chi connectivity index (χ1v) is 10.5. The summed E-state index contributed by atoms with van der Waals surface area (Å²) in [6.07, 6.45) is 2.22. The van der Waals surface area contributed by atoms with Crippen molar-refractivity contribution in [3.05, 3.63) is 47.0 Å². The van der Waals surface area contributed by atoms with E-state index < -0.39 is 0 Å². The molecule has 3 rings (SSSR count). The molecule has 6 nitrogen and oxygen atoms in total. The van der Waals surface area contributed by atoms with Gasteiger partial charge in [0.25, 0.3) is 0 Å². The summed E-state index contributed by atoms with van der Waals surface area (Å²) in [5.41, 5.74) is 1.81. The number of benzene rings is 2. The van der Waals surface area contributed by atoms with Crippen molar-refractivity contribution in [1.82, 2.24) is 4.90 Å². The molecule has 0 saturated carbocycles. The van der Waals surface area contributed by atoms with Gasteiger partial charge in [0.15, 0.2) is 16.6 Å². The lowest BCUT2D eigenvalue weighted by Crippen LogP contribution is -2.39. The van der Waals surface area contributed by atoms with Crippen molar-refractivity contribution in [2.45, 2.75) is 25.5 Å². The maximum atomic E-state index is 5.99. The minimum absolute atomic E-state index is 0.140. The molecule has 162 valence electrons. The highest BCUT2D eigenvalue weighted by molar-refractivity contribution is 7.80. The minimum Gasteiger partial charge on any atom is -0.493 e. The Kier molecular flexibility index (Phi) is 8.01. The molecule has 8 heteroatoms. The van der Waals surface area contributed by atoms with Crippen LogP contribution < -0.4 is 19.5 Å². The van der Waals surface area contributed by atoms with Crippen LogP contribution in [-0.2, 0) is 11.3 Å². The molecule has 30 heavy (non-hydrogen) atoms. The Morgan fingerprint density at radius 3 is 2.43 bits per heavy atom. The monoisotopic (exact) mass is 450 g/mol. The molecule has 1 aliphatic rings. The summed E-state index contributed by atoms with van der Waals surface area (Å²) in [5, 5.41) is 4.58. The lowest BCUT2D eigenvalue weighted by Gasteiger charge is -2.29. The van der Waals surface area contributed by atoms with Crippen LogP contribution >= 0.6 is 23.8 Å². The van der Waals surface area contributed by atoms with E-state index in [4.69, 9.17) is 42.8 Å². The van der Waals surface area contributed by atoms with Gasteiger partial charge in [-0.1, -0.05) is 11.6 Å². The summed E-state index contributed by atoms with van der Waals surface area (Å²) in [6.45, 7) is 2.00. The quantitative estimate of drug-likeness (QED) is 0.582. The van der Waals surface area contributed by atoms with E-state index in [1.807, 2.05) is 36.4 Å². The third-order valence-corrected chi connectivity index (χ3v) is 5.59. The van der Waals surface area contributed by atoms with Crippen LogP contribution in [0.2, 0.25) is 5.02 Å². The second-order valence-electron chi connectivity index (χ2n) is 6.95. The van der Waals surface area contributed by atoms with E-state index in [1.165, 1.54) is 0 Å². The number of ether oxygens (including phenoxy) is 4. The molecule has 0 aromatic heterocycles. The van der Waals surface area contributed by atoms with Gasteiger partial charge < -0.3 is 29.2 Å². The number of hydrogen-bond acceptors (Lipinski definition) is 5. The van der Waals surface area contributed by atoms with Crippen LogP contribution in [0, 0.1) is 0 Å². The fourth-order valence-electron chi connectivity index (χ4n) is 3.48. The van der Waals surface area contributed by atoms with Gasteiger partial charge >= 0.3 is 0 Å². The number of hydrogen-bond donors (Lipinski definition) is 1. The molecule has 1 aliphatic heterocycles. The highest BCUT2D eigenvalue weighted by atomic mass is 35.5. The molecule has 1 atom stereocenters. The van der Waals surface area contributed by atoms with Crippen molar-refractivity contribution in [2.75, 3.05) is 39.8 Å². The fraction of sp³-hybridized carbons (Fsp3) is 0.409. The molecule has 1 heterocycles. The maximum Gasteiger partial charge on any atom is 0.203 e. The van der Waals surface area contributed by atoms with Crippen LogP contribution in [-0.4, -0.2) is 50.6 Å². The molecule has 1 saturated heterocycles. The number of nitrogens with one attached hydrogen (secondary N) is 1. The Morgan fingerprint density at radius 1 is 1.10 bits per heavy atom. The largest absolute Gasteiger partial charge is 0.493 e. The van der Waals surface area contributed by atoms with Crippen LogP contribution in [0.1, 0.15) is 18.4 Å². The molecule has 2 aromatic rings. The van der Waals surface area contributed by atoms with Crippen LogP contribution in [0.4, 0.5) is 5.69 Å². The van der Waals surface area contributed by atoms with Crippen LogP contribution in [0.3, 0.4) is 0 Å². The van der Waals surface area contributed by atoms with Crippen molar-refractivity contribution in [3.8, 4) is 17.2 Å². The third-order valence-electron chi connectivity index (χ3n) is 4.98. The molecule has 1 fully saturated rings. The predicted molar refractivity (Wildman–Crippen MR) is 123 cm³/mol. The van der Waals surface area contributed by atoms with Crippen molar-refractivity contribution < 1.29 is 18.9 Å². The zero-order chi connectivity index (χ0) is 21.5. The lowest BCUT2D eigenvalue weighted by atomic mass is 10.1. The molecule has 0 aliphatic carbocycles. The summed E-state index contributed by atoms with van der Waals surface area (Å²) in [4.78, 5) is 2.09. The van der Waals surface area contributed by atoms with E-state index in [0.717, 1.165) is 30.7 Å². The fourth-order valence-corrected chi connectivity index (χ4v) is 3.87. The van der Waals surface area contributed by atoms with Gasteiger partial charge in [-0.15, -0.1) is 0 Å². The molecule has 2 aromatic carbocycles. The van der Waals surface area contributed by atoms with Gasteiger partial charge in [-0.25, -0.2) is 0 Å². The SMILES string of the molecule is COc1ccc(CN(CC2CCCO2)C(=S)Nc2ccc(Cl)cc2)c(OC)c1OC. The van der Waals surface area contributed by atoms with Crippen molar-refractivity contribution in [2.24, 2.45) is 0 Å². The molecule has 1 N–H and O–H groups in total. The normalized spacial score (nSPS) is 15.5. The Bertz CT molecular complexity index is 857. The molecule has 1 unspecified atom stereocenters. The second-order valence-corrected chi connectivity index (χ2v) is 7.77. The van der Waals surface area contributed by atoms with Crippen LogP contribution in [0.15, 0.2) is 36.4 Å². The Balaban J connectivity index is 1.85. The molecular formula is C22H27ClN2O4S. The van der Waals surface area contributed by atoms with Crippen molar-refractivity contribution in [1.29, 1.82) is 0 Å². The Labute approximate surface area is 188 Å². The molecule has 0 spiro atoms. The molecule has 0 radical (unpaired) electrons. The summed E-state index contributed by atoms with van der Waals surface area (Å²) >= 11 is 11.7. The lowest BCUT2D eigenvalue weighted by molar-refractivity contribution is 0.0903. The highest BCUT2D eigenvalue weighted by Crippen LogP contribution is 2.40. The number of thiocarbonyl (C=S) groups is 1. The standard InChI is InChI=1S/C22H27ClN2O4S/c1-26-19-11-6-15(20(27-2)21(19)28-3)13-25(14-18-5-4-12-29-18)22(30)24-17-9-7-16(23)8-10-17/h6-11,18H,4-5,12-14H2,1-3H3,(H,24,30). The topological polar surface area (TPSA) is 52.2 Å². The zero-order valence-corrected chi connectivity index (χ0v) is 19.0. The second kappa shape index (κ2) is 10.7. The number of halogens is 1. The van der Waals surface area contributed by atoms with E-state index in [2.05, 4.69) is 10.2 Å².